The highest BCUT2D eigenvalue weighted by Crippen LogP contribution is 2.46. The molecule has 0 saturated heterocycles. The van der Waals surface area contributed by atoms with Crippen LogP contribution in [0.3, 0.4) is 0 Å². The van der Waals surface area contributed by atoms with E-state index in [1.807, 2.05) is 47.8 Å². The summed E-state index contributed by atoms with van der Waals surface area (Å²) in [5, 5.41) is 2.05. The molecule has 0 fully saturated rings. The van der Waals surface area contributed by atoms with Gasteiger partial charge in [-0.15, -0.1) is 11.3 Å². The standard InChI is InChI=1S/C21H18O2S/c1-23-18-10-5-9-15-17(18)13-16(14-7-3-2-4-8-14)20(21(15)22)19-11-6-12-24-19/h2-12,16,20H,13H2,1H3. The summed E-state index contributed by atoms with van der Waals surface area (Å²) in [7, 11) is 1.67. The van der Waals surface area contributed by atoms with Crippen LogP contribution in [-0.2, 0) is 6.42 Å². The van der Waals surface area contributed by atoms with Gasteiger partial charge in [0.15, 0.2) is 5.78 Å². The number of ketones is 1. The van der Waals surface area contributed by atoms with Gasteiger partial charge >= 0.3 is 0 Å². The van der Waals surface area contributed by atoms with E-state index in [0.717, 1.165) is 28.2 Å². The first-order valence-electron chi connectivity index (χ1n) is 8.08. The average molecular weight is 334 g/mol. The lowest BCUT2D eigenvalue weighted by atomic mass is 9.71. The first kappa shape index (κ1) is 15.2. The first-order valence-corrected chi connectivity index (χ1v) is 8.96. The second-order valence-electron chi connectivity index (χ2n) is 6.07. The maximum Gasteiger partial charge on any atom is 0.172 e. The second-order valence-corrected chi connectivity index (χ2v) is 7.04. The number of hydrogen-bond acceptors (Lipinski definition) is 3. The van der Waals surface area contributed by atoms with E-state index in [4.69, 9.17) is 4.74 Å². The molecule has 24 heavy (non-hydrogen) atoms. The van der Waals surface area contributed by atoms with E-state index in [1.54, 1.807) is 18.4 Å². The van der Waals surface area contributed by atoms with Crippen LogP contribution in [0.2, 0.25) is 0 Å². The smallest absolute Gasteiger partial charge is 0.172 e. The molecule has 3 heteroatoms. The van der Waals surface area contributed by atoms with E-state index in [-0.39, 0.29) is 17.6 Å². The third-order valence-corrected chi connectivity index (χ3v) is 5.76. The maximum absolute atomic E-state index is 13.3. The summed E-state index contributed by atoms with van der Waals surface area (Å²) >= 11 is 1.66. The zero-order chi connectivity index (χ0) is 16.5. The van der Waals surface area contributed by atoms with Gasteiger partial charge in [0.05, 0.1) is 13.0 Å². The van der Waals surface area contributed by atoms with E-state index in [2.05, 4.69) is 18.2 Å². The molecule has 2 unspecified atom stereocenters. The molecule has 120 valence electrons. The van der Waals surface area contributed by atoms with Crippen LogP contribution < -0.4 is 4.74 Å². The molecule has 1 aliphatic carbocycles. The minimum absolute atomic E-state index is 0.119. The van der Waals surface area contributed by atoms with Crippen molar-refractivity contribution in [2.75, 3.05) is 7.11 Å². The van der Waals surface area contributed by atoms with Crippen LogP contribution in [0.5, 0.6) is 5.75 Å². The Bertz CT molecular complexity index is 853. The number of hydrogen-bond donors (Lipinski definition) is 0. The molecule has 0 saturated carbocycles. The second kappa shape index (κ2) is 6.25. The van der Waals surface area contributed by atoms with E-state index < -0.39 is 0 Å². The van der Waals surface area contributed by atoms with Gasteiger partial charge in [-0.25, -0.2) is 0 Å². The molecule has 0 spiro atoms. The van der Waals surface area contributed by atoms with Gasteiger partial charge in [-0.1, -0.05) is 48.5 Å². The molecule has 0 aliphatic heterocycles. The fraction of sp³-hybridized carbons (Fsp3) is 0.190. The quantitative estimate of drug-likeness (QED) is 0.669. The van der Waals surface area contributed by atoms with E-state index >= 15 is 0 Å². The van der Waals surface area contributed by atoms with Crippen LogP contribution in [0.15, 0.2) is 66.0 Å². The lowest BCUT2D eigenvalue weighted by Gasteiger charge is -2.32. The number of carbonyl (C=O) groups excluding carboxylic acids is 1. The lowest BCUT2D eigenvalue weighted by Crippen LogP contribution is -2.28. The summed E-state index contributed by atoms with van der Waals surface area (Å²) in [5.74, 6) is 1.03. The topological polar surface area (TPSA) is 26.3 Å². The Morgan fingerprint density at radius 2 is 1.83 bits per heavy atom. The Labute approximate surface area is 145 Å². The molecule has 3 aromatic rings. The summed E-state index contributed by atoms with van der Waals surface area (Å²) < 4.78 is 5.52. The van der Waals surface area contributed by atoms with Crippen molar-refractivity contribution in [3.05, 3.63) is 87.6 Å². The summed E-state index contributed by atoms with van der Waals surface area (Å²) in [4.78, 5) is 14.5. The first-order chi connectivity index (χ1) is 11.8. The molecular formula is C21H18O2S. The van der Waals surface area contributed by atoms with E-state index in [1.165, 1.54) is 5.56 Å². The molecule has 2 nitrogen and oxygen atoms in total. The van der Waals surface area contributed by atoms with Gasteiger partial charge in [0, 0.05) is 21.9 Å². The number of benzene rings is 2. The van der Waals surface area contributed by atoms with Crippen molar-refractivity contribution in [3.8, 4) is 5.75 Å². The minimum Gasteiger partial charge on any atom is -0.496 e. The number of methoxy groups -OCH3 is 1. The SMILES string of the molecule is COc1cccc2c1CC(c1ccccc1)C(c1cccs1)C2=O. The summed E-state index contributed by atoms with van der Waals surface area (Å²) in [6, 6.07) is 20.2. The van der Waals surface area contributed by atoms with Gasteiger partial charge in [-0.3, -0.25) is 4.79 Å². The predicted octanol–water partition coefficient (Wildman–Crippen LogP) is 5.06. The van der Waals surface area contributed by atoms with Crippen molar-refractivity contribution >= 4 is 17.1 Å². The maximum atomic E-state index is 13.3. The number of carbonyl (C=O) groups is 1. The molecular weight excluding hydrogens is 316 g/mol. The Balaban J connectivity index is 1.89. The number of thiophene rings is 1. The van der Waals surface area contributed by atoms with Gasteiger partial charge in [-0.05, 0) is 29.5 Å². The lowest BCUT2D eigenvalue weighted by molar-refractivity contribution is 0.0935. The van der Waals surface area contributed by atoms with Crippen LogP contribution in [0.1, 0.15) is 38.2 Å². The molecule has 2 aromatic carbocycles. The Hall–Kier alpha value is -2.39. The molecule has 0 radical (unpaired) electrons. The molecule has 4 rings (SSSR count). The summed E-state index contributed by atoms with van der Waals surface area (Å²) in [5.41, 5.74) is 3.05. The Morgan fingerprint density at radius 3 is 2.54 bits per heavy atom. The third kappa shape index (κ3) is 2.45. The fourth-order valence-electron chi connectivity index (χ4n) is 3.69. The average Bonchev–Trinajstić information content (AvgIpc) is 3.16. The summed E-state index contributed by atoms with van der Waals surface area (Å²) in [6.07, 6.45) is 0.817. The van der Waals surface area contributed by atoms with E-state index in [9.17, 15) is 4.79 Å². The van der Waals surface area contributed by atoms with Gasteiger partial charge < -0.3 is 4.74 Å². The fourth-order valence-corrected chi connectivity index (χ4v) is 4.58. The highest BCUT2D eigenvalue weighted by Gasteiger charge is 2.39. The molecule has 0 amide bonds. The number of ether oxygens (including phenoxy) is 1. The highest BCUT2D eigenvalue weighted by atomic mass is 32.1. The van der Waals surface area contributed by atoms with Crippen molar-refractivity contribution in [1.82, 2.24) is 0 Å². The van der Waals surface area contributed by atoms with Crippen LogP contribution >= 0.6 is 11.3 Å². The van der Waals surface area contributed by atoms with Crippen molar-refractivity contribution in [3.63, 3.8) is 0 Å². The van der Waals surface area contributed by atoms with Gasteiger partial charge in [-0.2, -0.15) is 0 Å². The number of fused-ring (bicyclic) bond motifs is 1. The van der Waals surface area contributed by atoms with Gasteiger partial charge in [0.2, 0.25) is 0 Å². The van der Waals surface area contributed by atoms with Crippen LogP contribution in [0.25, 0.3) is 0 Å². The van der Waals surface area contributed by atoms with Crippen molar-refractivity contribution in [2.24, 2.45) is 0 Å². The zero-order valence-corrected chi connectivity index (χ0v) is 14.3. The monoisotopic (exact) mass is 334 g/mol. The van der Waals surface area contributed by atoms with Crippen LogP contribution in [-0.4, -0.2) is 12.9 Å². The van der Waals surface area contributed by atoms with Crippen molar-refractivity contribution in [1.29, 1.82) is 0 Å². The van der Waals surface area contributed by atoms with Crippen molar-refractivity contribution in [2.45, 2.75) is 18.3 Å². The predicted molar refractivity (Wildman–Crippen MR) is 97.3 cm³/mol. The van der Waals surface area contributed by atoms with Crippen LogP contribution in [0, 0.1) is 0 Å². The molecule has 1 heterocycles. The molecule has 0 N–H and O–H groups in total. The zero-order valence-electron chi connectivity index (χ0n) is 13.4. The minimum atomic E-state index is -0.119. The van der Waals surface area contributed by atoms with E-state index in [0.29, 0.717) is 0 Å². The normalized spacial score (nSPS) is 19.8. The van der Waals surface area contributed by atoms with Gasteiger partial charge in [0.1, 0.15) is 5.75 Å². The summed E-state index contributed by atoms with van der Waals surface area (Å²) in [6.45, 7) is 0. The molecule has 2 atom stereocenters. The Kier molecular flexibility index (Phi) is 3.95. The van der Waals surface area contributed by atoms with Crippen LogP contribution in [0.4, 0.5) is 0 Å². The molecule has 0 bridgehead atoms. The van der Waals surface area contributed by atoms with Crippen molar-refractivity contribution < 1.29 is 9.53 Å². The van der Waals surface area contributed by atoms with Gasteiger partial charge in [0.25, 0.3) is 0 Å². The molecule has 1 aromatic heterocycles. The highest BCUT2D eigenvalue weighted by molar-refractivity contribution is 7.10. The Morgan fingerprint density at radius 1 is 1.00 bits per heavy atom. The molecule has 1 aliphatic rings. The largest absolute Gasteiger partial charge is 0.496 e. The third-order valence-electron chi connectivity index (χ3n) is 4.80. The number of Topliss-reactive ketones (excluding diaryl/α,β-unsaturated/α-hetero) is 1. The number of rotatable bonds is 3.